The largest absolute Gasteiger partial charge is 0.467 e. The molecule has 2 aromatic heterocycles. The van der Waals surface area contributed by atoms with Crippen molar-refractivity contribution in [3.8, 4) is 17.5 Å². The highest BCUT2D eigenvalue weighted by molar-refractivity contribution is 5.34. The summed E-state index contributed by atoms with van der Waals surface area (Å²) in [6.45, 7) is 0.590. The van der Waals surface area contributed by atoms with E-state index in [0.717, 1.165) is 17.5 Å². The van der Waals surface area contributed by atoms with E-state index in [4.69, 9.17) is 9.47 Å². The molecule has 2 heterocycles. The van der Waals surface area contributed by atoms with Gasteiger partial charge in [-0.2, -0.15) is 0 Å². The van der Waals surface area contributed by atoms with Gasteiger partial charge in [-0.3, -0.25) is 9.78 Å². The molecule has 0 aliphatic rings. The van der Waals surface area contributed by atoms with Gasteiger partial charge < -0.3 is 14.8 Å². The smallest absolute Gasteiger partial charge is 0.316 e. The molecule has 2 N–H and O–H groups in total. The van der Waals surface area contributed by atoms with Gasteiger partial charge in [0.25, 0.3) is 5.56 Å². The van der Waals surface area contributed by atoms with E-state index >= 15 is 0 Å². The molecule has 0 amide bonds. The van der Waals surface area contributed by atoms with E-state index < -0.39 is 0 Å². The second-order valence-corrected chi connectivity index (χ2v) is 7.22. The molecule has 0 saturated heterocycles. The predicted molar refractivity (Wildman–Crippen MR) is 121 cm³/mol. The highest BCUT2D eigenvalue weighted by Gasteiger charge is 2.06. The Labute approximate surface area is 189 Å². The second kappa shape index (κ2) is 10.4. The summed E-state index contributed by atoms with van der Waals surface area (Å²) in [4.78, 5) is 27.5. The van der Waals surface area contributed by atoms with Crippen molar-refractivity contribution >= 4 is 5.95 Å². The minimum atomic E-state index is -0.303. The number of hydrogen-bond donors (Lipinski definition) is 2. The van der Waals surface area contributed by atoms with Crippen LogP contribution in [0.15, 0.2) is 71.9 Å². The average Bonchev–Trinajstić information content (AvgIpc) is 2.84. The molecular formula is C24H22FN5O3. The number of aromatic nitrogens is 4. The number of H-pyrrole nitrogens is 1. The standard InChI is InChI=1S/C24H22FN5O3/c1-32-24-28-13-17(14-29-24)12-18-15-27-23(30-22(18)31)26-11-10-16-2-6-20(7-3-16)33-21-8-4-19(25)5-9-21/h2-9,13-15H,10-12H2,1H3,(H2,26,27,30,31). The molecule has 2 aromatic carbocycles. The molecule has 0 atom stereocenters. The van der Waals surface area contributed by atoms with Crippen molar-refractivity contribution in [1.29, 1.82) is 0 Å². The zero-order chi connectivity index (χ0) is 23.0. The van der Waals surface area contributed by atoms with Crippen molar-refractivity contribution in [2.24, 2.45) is 0 Å². The lowest BCUT2D eigenvalue weighted by molar-refractivity contribution is 0.379. The first kappa shape index (κ1) is 21.9. The monoisotopic (exact) mass is 447 g/mol. The molecule has 4 aromatic rings. The van der Waals surface area contributed by atoms with Crippen LogP contribution in [0.2, 0.25) is 0 Å². The van der Waals surface area contributed by atoms with Crippen LogP contribution in [-0.2, 0) is 12.8 Å². The van der Waals surface area contributed by atoms with E-state index in [2.05, 4.69) is 25.3 Å². The van der Waals surface area contributed by atoms with Gasteiger partial charge in [-0.15, -0.1) is 0 Å². The van der Waals surface area contributed by atoms with Crippen LogP contribution in [0.1, 0.15) is 16.7 Å². The van der Waals surface area contributed by atoms with Crippen LogP contribution < -0.4 is 20.3 Å². The number of ether oxygens (including phenoxy) is 2. The SMILES string of the molecule is COc1ncc(Cc2cnc(NCCc3ccc(Oc4ccc(F)cc4)cc3)[nH]c2=O)cn1. The van der Waals surface area contributed by atoms with Gasteiger partial charge in [-0.05, 0) is 53.9 Å². The van der Waals surface area contributed by atoms with Crippen LogP contribution in [0, 0.1) is 5.82 Å². The van der Waals surface area contributed by atoms with Gasteiger partial charge in [0.2, 0.25) is 5.95 Å². The molecule has 0 spiro atoms. The fraction of sp³-hybridized carbons (Fsp3) is 0.167. The third-order valence-corrected chi connectivity index (χ3v) is 4.81. The van der Waals surface area contributed by atoms with Crippen LogP contribution >= 0.6 is 0 Å². The Morgan fingerprint density at radius 1 is 0.909 bits per heavy atom. The fourth-order valence-electron chi connectivity index (χ4n) is 3.08. The topological polar surface area (TPSA) is 102 Å². The van der Waals surface area contributed by atoms with E-state index in [0.29, 0.717) is 36.0 Å². The van der Waals surface area contributed by atoms with Gasteiger partial charge >= 0.3 is 6.01 Å². The highest BCUT2D eigenvalue weighted by Crippen LogP contribution is 2.22. The third-order valence-electron chi connectivity index (χ3n) is 4.81. The van der Waals surface area contributed by atoms with Crippen LogP contribution in [0.25, 0.3) is 0 Å². The lowest BCUT2D eigenvalue weighted by atomic mass is 10.1. The molecule has 33 heavy (non-hydrogen) atoms. The Hall–Kier alpha value is -4.27. The van der Waals surface area contributed by atoms with E-state index in [1.165, 1.54) is 19.2 Å². The molecular weight excluding hydrogens is 425 g/mol. The van der Waals surface area contributed by atoms with Crippen molar-refractivity contribution in [3.63, 3.8) is 0 Å². The molecule has 0 aliphatic heterocycles. The molecule has 0 fully saturated rings. The fourth-order valence-corrected chi connectivity index (χ4v) is 3.08. The number of rotatable bonds is 9. The summed E-state index contributed by atoms with van der Waals surface area (Å²) in [7, 11) is 1.50. The zero-order valence-corrected chi connectivity index (χ0v) is 17.9. The van der Waals surface area contributed by atoms with Crippen molar-refractivity contribution in [2.75, 3.05) is 19.0 Å². The number of hydrogen-bond acceptors (Lipinski definition) is 7. The Kier molecular flexibility index (Phi) is 6.89. The first-order chi connectivity index (χ1) is 16.1. The Bertz CT molecular complexity index is 1240. The molecule has 8 nitrogen and oxygen atoms in total. The lowest BCUT2D eigenvalue weighted by Gasteiger charge is -2.08. The van der Waals surface area contributed by atoms with Gasteiger partial charge in [0.15, 0.2) is 0 Å². The van der Waals surface area contributed by atoms with Crippen LogP contribution in [-0.4, -0.2) is 33.6 Å². The molecule has 0 radical (unpaired) electrons. The molecule has 0 saturated carbocycles. The molecule has 0 bridgehead atoms. The minimum Gasteiger partial charge on any atom is -0.467 e. The number of aromatic amines is 1. The second-order valence-electron chi connectivity index (χ2n) is 7.22. The number of halogens is 1. The molecule has 9 heteroatoms. The molecule has 4 rings (SSSR count). The van der Waals surface area contributed by atoms with Gasteiger partial charge in [0.1, 0.15) is 17.3 Å². The van der Waals surface area contributed by atoms with Crippen molar-refractivity contribution in [1.82, 2.24) is 19.9 Å². The summed E-state index contributed by atoms with van der Waals surface area (Å²) < 4.78 is 23.6. The number of anilines is 1. The van der Waals surface area contributed by atoms with Crippen molar-refractivity contribution in [2.45, 2.75) is 12.8 Å². The quantitative estimate of drug-likeness (QED) is 0.403. The number of benzene rings is 2. The average molecular weight is 447 g/mol. The van der Waals surface area contributed by atoms with E-state index in [-0.39, 0.29) is 17.4 Å². The van der Waals surface area contributed by atoms with Gasteiger partial charge in [0, 0.05) is 37.1 Å². The summed E-state index contributed by atoms with van der Waals surface area (Å²) in [6, 6.07) is 13.8. The van der Waals surface area contributed by atoms with Crippen LogP contribution in [0.4, 0.5) is 10.3 Å². The van der Waals surface area contributed by atoms with Gasteiger partial charge in [0.05, 0.1) is 7.11 Å². The highest BCUT2D eigenvalue weighted by atomic mass is 19.1. The van der Waals surface area contributed by atoms with E-state index in [9.17, 15) is 9.18 Å². The summed E-state index contributed by atoms with van der Waals surface area (Å²) >= 11 is 0. The summed E-state index contributed by atoms with van der Waals surface area (Å²) in [5.74, 6) is 1.35. The number of methoxy groups -OCH3 is 1. The zero-order valence-electron chi connectivity index (χ0n) is 17.9. The maximum Gasteiger partial charge on any atom is 0.316 e. The number of nitrogens with one attached hydrogen (secondary N) is 2. The maximum absolute atomic E-state index is 13.0. The predicted octanol–water partition coefficient (Wildman–Crippen LogP) is 3.75. The molecule has 0 aliphatic carbocycles. The third kappa shape index (κ3) is 6.13. The lowest BCUT2D eigenvalue weighted by Crippen LogP contribution is -2.18. The number of nitrogens with zero attached hydrogens (tertiary/aromatic N) is 3. The molecule has 168 valence electrons. The summed E-state index contributed by atoms with van der Waals surface area (Å²) in [6.07, 6.45) is 5.89. The summed E-state index contributed by atoms with van der Waals surface area (Å²) in [5, 5.41) is 3.13. The first-order valence-corrected chi connectivity index (χ1v) is 10.3. The minimum absolute atomic E-state index is 0.217. The van der Waals surface area contributed by atoms with Crippen molar-refractivity contribution < 1.29 is 13.9 Å². The molecule has 0 unspecified atom stereocenters. The van der Waals surface area contributed by atoms with Gasteiger partial charge in [-0.1, -0.05) is 12.1 Å². The van der Waals surface area contributed by atoms with Crippen LogP contribution in [0.5, 0.6) is 17.5 Å². The van der Waals surface area contributed by atoms with Crippen LogP contribution in [0.3, 0.4) is 0 Å². The Balaban J connectivity index is 1.28. The van der Waals surface area contributed by atoms with E-state index in [1.807, 2.05) is 24.3 Å². The summed E-state index contributed by atoms with van der Waals surface area (Å²) in [5.41, 5.74) is 2.18. The Morgan fingerprint density at radius 3 is 2.21 bits per heavy atom. The Morgan fingerprint density at radius 2 is 1.58 bits per heavy atom. The van der Waals surface area contributed by atoms with E-state index in [1.54, 1.807) is 30.7 Å². The van der Waals surface area contributed by atoms with Crippen molar-refractivity contribution in [3.05, 3.63) is 100.0 Å². The van der Waals surface area contributed by atoms with Gasteiger partial charge in [-0.25, -0.2) is 19.3 Å². The first-order valence-electron chi connectivity index (χ1n) is 10.3. The maximum atomic E-state index is 13.0. The normalized spacial score (nSPS) is 10.6.